The van der Waals surface area contributed by atoms with Crippen LogP contribution in [0.2, 0.25) is 0 Å². The molecule has 1 aromatic carbocycles. The van der Waals surface area contributed by atoms with Gasteiger partial charge in [-0.15, -0.1) is 0 Å². The molecule has 0 radical (unpaired) electrons. The monoisotopic (exact) mass is 508 g/mol. The number of hydrogen-bond acceptors (Lipinski definition) is 5. The van der Waals surface area contributed by atoms with Crippen LogP contribution in [0.25, 0.3) is 16.9 Å². The standard InChI is InChI=1S/C15H11FN2O2.C8H10N2O2.2ClH/c1-20-15(19)13-12-4-2-3-9-18(12)14(17-13)10-5-7-11(16)8-6-10;1-12-8(11)7(9)6-4-2-3-5-10-6;;/h2-9H,1H3;2-5,7H,9H2,1H3;2*1H. The molecule has 0 aliphatic heterocycles. The van der Waals surface area contributed by atoms with Crippen molar-refractivity contribution in [3.8, 4) is 11.4 Å². The van der Waals surface area contributed by atoms with Crippen LogP contribution in [0, 0.1) is 5.82 Å². The number of methoxy groups -OCH3 is 2. The number of hydrogen-bond donors (Lipinski definition) is 1. The van der Waals surface area contributed by atoms with Gasteiger partial charge in [0.15, 0.2) is 11.9 Å². The fourth-order valence-corrected chi connectivity index (χ4v) is 2.98. The Morgan fingerprint density at radius 2 is 1.68 bits per heavy atom. The Hall–Kier alpha value is -3.53. The van der Waals surface area contributed by atoms with Crippen molar-refractivity contribution in [1.29, 1.82) is 0 Å². The highest BCUT2D eigenvalue weighted by molar-refractivity contribution is 5.96. The minimum Gasteiger partial charge on any atom is -1.00 e. The van der Waals surface area contributed by atoms with Crippen LogP contribution in [-0.4, -0.2) is 35.5 Å². The number of aromatic amines is 1. The summed E-state index contributed by atoms with van der Waals surface area (Å²) < 4.78 is 24.1. The first-order chi connectivity index (χ1) is 15.5. The first kappa shape index (κ1) is 28.5. The molecule has 4 N–H and O–H groups in total. The number of halogens is 3. The van der Waals surface area contributed by atoms with E-state index in [1.165, 1.54) is 26.4 Å². The number of rotatable bonds is 4. The van der Waals surface area contributed by atoms with Gasteiger partial charge in [-0.05, 0) is 42.5 Å². The zero-order valence-electron chi connectivity index (χ0n) is 18.4. The maximum Gasteiger partial charge on any atom is 0.375 e. The SMILES string of the molecule is COC(=O)C([NH3+])c1cccc[nH+]1.COC(=O)c1nc(-c2ccc(F)cc2)n2ccccc12.[Cl-].[Cl-]. The van der Waals surface area contributed by atoms with E-state index in [1.807, 2.05) is 24.3 Å². The van der Waals surface area contributed by atoms with E-state index in [2.05, 4.69) is 20.4 Å². The largest absolute Gasteiger partial charge is 1.00 e. The molecule has 1 atom stereocenters. The molecule has 0 aliphatic rings. The molecule has 3 aromatic heterocycles. The summed E-state index contributed by atoms with van der Waals surface area (Å²) >= 11 is 0. The topological polar surface area (TPSA) is 112 Å². The Morgan fingerprint density at radius 3 is 2.26 bits per heavy atom. The van der Waals surface area contributed by atoms with E-state index in [0.717, 1.165) is 11.3 Å². The van der Waals surface area contributed by atoms with Gasteiger partial charge in [-0.3, -0.25) is 4.40 Å². The quantitative estimate of drug-likeness (QED) is 0.281. The number of aromatic nitrogens is 3. The number of H-pyrrole nitrogens is 1. The Bertz CT molecular complexity index is 1220. The molecular weight excluding hydrogens is 486 g/mol. The van der Waals surface area contributed by atoms with Crippen LogP contribution >= 0.6 is 0 Å². The van der Waals surface area contributed by atoms with Crippen molar-refractivity contribution < 1.29 is 59.0 Å². The Morgan fingerprint density at radius 1 is 1.00 bits per heavy atom. The van der Waals surface area contributed by atoms with Gasteiger partial charge in [-0.2, -0.15) is 0 Å². The minimum absolute atomic E-state index is 0. The third kappa shape index (κ3) is 6.50. The van der Waals surface area contributed by atoms with Crippen LogP contribution in [0.1, 0.15) is 22.2 Å². The normalized spacial score (nSPS) is 10.6. The molecule has 4 aromatic rings. The van der Waals surface area contributed by atoms with Gasteiger partial charge in [0.2, 0.25) is 5.69 Å². The minimum atomic E-state index is -0.498. The van der Waals surface area contributed by atoms with E-state index in [4.69, 9.17) is 4.74 Å². The number of pyridine rings is 2. The van der Waals surface area contributed by atoms with Crippen LogP contribution in [0.4, 0.5) is 4.39 Å². The van der Waals surface area contributed by atoms with E-state index in [-0.39, 0.29) is 42.3 Å². The summed E-state index contributed by atoms with van der Waals surface area (Å²) in [5.74, 6) is -0.580. The summed E-state index contributed by atoms with van der Waals surface area (Å²) in [6, 6.07) is 16.4. The average molecular weight is 509 g/mol. The van der Waals surface area contributed by atoms with Crippen molar-refractivity contribution in [3.05, 3.63) is 90.3 Å². The molecule has 0 bridgehead atoms. The van der Waals surface area contributed by atoms with E-state index in [0.29, 0.717) is 11.3 Å². The van der Waals surface area contributed by atoms with Gasteiger partial charge >= 0.3 is 11.9 Å². The molecule has 0 saturated carbocycles. The summed E-state index contributed by atoms with van der Waals surface area (Å²) in [6.45, 7) is 0. The first-order valence-corrected chi connectivity index (χ1v) is 9.65. The zero-order chi connectivity index (χ0) is 23.1. The van der Waals surface area contributed by atoms with Gasteiger partial charge in [0.1, 0.15) is 11.6 Å². The second-order valence-corrected chi connectivity index (χ2v) is 6.63. The number of quaternary nitrogens is 1. The summed E-state index contributed by atoms with van der Waals surface area (Å²) in [5, 5.41) is 0. The molecule has 0 amide bonds. The number of benzene rings is 1. The van der Waals surface area contributed by atoms with Crippen LogP contribution in [0.3, 0.4) is 0 Å². The first-order valence-electron chi connectivity index (χ1n) is 9.65. The van der Waals surface area contributed by atoms with Gasteiger partial charge in [0.25, 0.3) is 6.04 Å². The molecule has 8 nitrogen and oxygen atoms in total. The average Bonchev–Trinajstić information content (AvgIpc) is 3.24. The smallest absolute Gasteiger partial charge is 0.375 e. The Kier molecular flexibility index (Phi) is 11.1. The van der Waals surface area contributed by atoms with Crippen molar-refractivity contribution in [2.24, 2.45) is 0 Å². The second kappa shape index (κ2) is 13.2. The lowest BCUT2D eigenvalue weighted by atomic mass is 10.2. The van der Waals surface area contributed by atoms with E-state index < -0.39 is 12.0 Å². The number of nitrogens with one attached hydrogen (secondary N) is 1. The number of ether oxygens (including phenoxy) is 2. The van der Waals surface area contributed by atoms with Crippen LogP contribution in [0.15, 0.2) is 73.1 Å². The zero-order valence-corrected chi connectivity index (χ0v) is 19.9. The molecule has 3 heterocycles. The highest BCUT2D eigenvalue weighted by atomic mass is 35.5. The molecule has 4 rings (SSSR count). The predicted octanol–water partition coefficient (Wildman–Crippen LogP) is -4.11. The lowest BCUT2D eigenvalue weighted by molar-refractivity contribution is -0.474. The number of carbonyl (C=O) groups is 2. The van der Waals surface area contributed by atoms with Gasteiger partial charge in [-0.1, -0.05) is 6.07 Å². The van der Waals surface area contributed by atoms with Crippen LogP contribution in [-0.2, 0) is 14.3 Å². The number of carbonyl (C=O) groups excluding carboxylic acids is 2. The molecule has 1 unspecified atom stereocenters. The molecule has 34 heavy (non-hydrogen) atoms. The van der Waals surface area contributed by atoms with Crippen molar-refractivity contribution >= 4 is 17.5 Å². The van der Waals surface area contributed by atoms with Crippen molar-refractivity contribution in [2.45, 2.75) is 6.04 Å². The van der Waals surface area contributed by atoms with Gasteiger partial charge < -0.3 is 40.0 Å². The third-order valence-electron chi connectivity index (χ3n) is 4.62. The van der Waals surface area contributed by atoms with Gasteiger partial charge in [0, 0.05) is 23.9 Å². The molecule has 0 fully saturated rings. The van der Waals surface area contributed by atoms with Crippen molar-refractivity contribution in [1.82, 2.24) is 9.38 Å². The van der Waals surface area contributed by atoms with Crippen molar-refractivity contribution in [3.63, 3.8) is 0 Å². The van der Waals surface area contributed by atoms with Crippen LogP contribution < -0.4 is 35.5 Å². The fourth-order valence-electron chi connectivity index (χ4n) is 2.98. The number of fused-ring (bicyclic) bond motifs is 1. The molecular formula is C23H23Cl2FN4O4. The predicted molar refractivity (Wildman–Crippen MR) is 113 cm³/mol. The Balaban J connectivity index is 0.000000360. The number of esters is 2. The van der Waals surface area contributed by atoms with Gasteiger partial charge in [0.05, 0.1) is 19.7 Å². The van der Waals surface area contributed by atoms with E-state index in [1.54, 1.807) is 41.1 Å². The molecule has 0 saturated heterocycles. The molecule has 11 heteroatoms. The maximum atomic E-state index is 13.0. The van der Waals surface area contributed by atoms with E-state index in [9.17, 15) is 14.0 Å². The summed E-state index contributed by atoms with van der Waals surface area (Å²) in [6.07, 6.45) is 3.55. The second-order valence-electron chi connectivity index (χ2n) is 6.63. The summed E-state index contributed by atoms with van der Waals surface area (Å²) in [4.78, 5) is 30.0. The number of imidazole rings is 1. The van der Waals surface area contributed by atoms with Gasteiger partial charge in [-0.25, -0.2) is 23.9 Å². The summed E-state index contributed by atoms with van der Waals surface area (Å²) in [7, 11) is 2.66. The molecule has 0 aliphatic carbocycles. The lowest BCUT2D eigenvalue weighted by Crippen LogP contribution is -3.00. The number of nitrogens with zero attached hydrogens (tertiary/aromatic N) is 2. The Labute approximate surface area is 207 Å². The summed E-state index contributed by atoms with van der Waals surface area (Å²) in [5.41, 5.74) is 6.05. The highest BCUT2D eigenvalue weighted by Gasteiger charge is 2.25. The maximum absolute atomic E-state index is 13.0. The van der Waals surface area contributed by atoms with E-state index >= 15 is 0 Å². The third-order valence-corrected chi connectivity index (χ3v) is 4.62. The van der Waals surface area contributed by atoms with Crippen molar-refractivity contribution in [2.75, 3.05) is 14.2 Å². The fraction of sp³-hybridized carbons (Fsp3) is 0.130. The molecule has 0 spiro atoms. The molecule has 180 valence electrons. The lowest BCUT2D eigenvalue weighted by Gasteiger charge is -2.00. The van der Waals surface area contributed by atoms with Crippen LogP contribution in [0.5, 0.6) is 0 Å². The highest BCUT2D eigenvalue weighted by Crippen LogP contribution is 2.23.